The van der Waals surface area contributed by atoms with Crippen LogP contribution in [0.25, 0.3) is 0 Å². The molecule has 0 unspecified atom stereocenters. The van der Waals surface area contributed by atoms with Crippen LogP contribution in [0.4, 0.5) is 0 Å². The molecule has 0 saturated carbocycles. The number of nitrogens with one attached hydrogen (secondary N) is 1. The Bertz CT molecular complexity index is 996. The molecule has 2 fully saturated rings. The number of fused-ring (bicyclic) bond motifs is 2. The molecule has 0 radical (unpaired) electrons. The second-order valence-electron chi connectivity index (χ2n) is 6.68. The lowest BCUT2D eigenvalue weighted by Crippen LogP contribution is -2.43. The molecule has 0 aliphatic carbocycles. The van der Waals surface area contributed by atoms with Gasteiger partial charge in [-0.25, -0.2) is 13.1 Å². The van der Waals surface area contributed by atoms with E-state index in [0.29, 0.717) is 17.2 Å². The van der Waals surface area contributed by atoms with Crippen LogP contribution in [0.5, 0.6) is 23.3 Å². The Morgan fingerprint density at radius 3 is 2.86 bits per heavy atom. The molecule has 3 aliphatic heterocycles. The zero-order valence-electron chi connectivity index (χ0n) is 14.7. The maximum Gasteiger partial charge on any atom is 0.341 e. The standard InChI is InChI=1S/C15H17N5O7S/c1-28(21,22)17-9-5-23-14-10(6-24-13(9)14)20-15(16-18-19-20)27-8-2-3-11-12(4-8)26-7-25-11/h2-4,9-10,13-14,17H,5-7H2,1H3/t9-,10+,13-,14+/m1/s1. The van der Waals surface area contributed by atoms with Gasteiger partial charge in [-0.05, 0) is 22.6 Å². The number of sulfonamides is 1. The van der Waals surface area contributed by atoms with Gasteiger partial charge in [0, 0.05) is 6.07 Å². The maximum absolute atomic E-state index is 11.5. The molecule has 3 aliphatic rings. The van der Waals surface area contributed by atoms with Crippen LogP contribution < -0.4 is 18.9 Å². The van der Waals surface area contributed by atoms with E-state index in [4.69, 9.17) is 23.7 Å². The molecule has 4 heterocycles. The Morgan fingerprint density at radius 2 is 2.00 bits per heavy atom. The van der Waals surface area contributed by atoms with Gasteiger partial charge < -0.3 is 23.7 Å². The Labute approximate surface area is 159 Å². The van der Waals surface area contributed by atoms with Gasteiger partial charge >= 0.3 is 6.01 Å². The quantitative estimate of drug-likeness (QED) is 0.682. The van der Waals surface area contributed by atoms with E-state index in [1.165, 1.54) is 4.68 Å². The second kappa shape index (κ2) is 6.55. The van der Waals surface area contributed by atoms with E-state index >= 15 is 0 Å². The Kier molecular flexibility index (Phi) is 4.12. The molecule has 28 heavy (non-hydrogen) atoms. The summed E-state index contributed by atoms with van der Waals surface area (Å²) >= 11 is 0. The van der Waals surface area contributed by atoms with E-state index in [-0.39, 0.29) is 32.1 Å². The SMILES string of the molecule is CS(=O)(=O)N[C@@H]1CO[C@@H]2[C@@H]1OC[C@@H]2n1nnnc1Oc1ccc2c(c1)OCO2. The Hall–Kier alpha value is -2.48. The van der Waals surface area contributed by atoms with Crippen molar-refractivity contribution in [3.63, 3.8) is 0 Å². The number of ether oxygens (including phenoxy) is 5. The van der Waals surface area contributed by atoms with E-state index in [2.05, 4.69) is 20.2 Å². The van der Waals surface area contributed by atoms with Crippen molar-refractivity contribution < 1.29 is 32.1 Å². The smallest absolute Gasteiger partial charge is 0.341 e. The number of tetrazole rings is 1. The molecule has 2 saturated heterocycles. The van der Waals surface area contributed by atoms with Crippen molar-refractivity contribution in [3.8, 4) is 23.3 Å². The first-order valence-electron chi connectivity index (χ1n) is 8.54. The highest BCUT2D eigenvalue weighted by Crippen LogP contribution is 2.38. The van der Waals surface area contributed by atoms with Crippen molar-refractivity contribution in [1.29, 1.82) is 0 Å². The largest absolute Gasteiger partial charge is 0.454 e. The molecular weight excluding hydrogens is 394 g/mol. The fraction of sp³-hybridized carbons (Fsp3) is 0.533. The van der Waals surface area contributed by atoms with Crippen LogP contribution in [0, 0.1) is 0 Å². The third-order valence-electron chi connectivity index (χ3n) is 4.72. The lowest BCUT2D eigenvalue weighted by Gasteiger charge is -2.17. The fourth-order valence-corrected chi connectivity index (χ4v) is 4.32. The molecule has 1 aromatic heterocycles. The summed E-state index contributed by atoms with van der Waals surface area (Å²) in [6, 6.07) is 4.50. The first-order valence-corrected chi connectivity index (χ1v) is 10.4. The summed E-state index contributed by atoms with van der Waals surface area (Å²) in [5.74, 6) is 1.71. The van der Waals surface area contributed by atoms with Gasteiger partial charge in [0.05, 0.1) is 25.5 Å². The minimum Gasteiger partial charge on any atom is -0.454 e. The fourth-order valence-electron chi connectivity index (χ4n) is 3.57. The first kappa shape index (κ1) is 17.6. The van der Waals surface area contributed by atoms with Crippen molar-refractivity contribution in [2.45, 2.75) is 24.3 Å². The van der Waals surface area contributed by atoms with Crippen molar-refractivity contribution >= 4 is 10.0 Å². The van der Waals surface area contributed by atoms with Crippen molar-refractivity contribution in [2.24, 2.45) is 0 Å². The Morgan fingerprint density at radius 1 is 1.18 bits per heavy atom. The zero-order valence-corrected chi connectivity index (χ0v) is 15.5. The van der Waals surface area contributed by atoms with Crippen LogP contribution in [-0.4, -0.2) is 73.1 Å². The number of aromatic nitrogens is 4. The lowest BCUT2D eigenvalue weighted by molar-refractivity contribution is 0.0615. The minimum atomic E-state index is -3.38. The third kappa shape index (κ3) is 3.15. The average molecular weight is 411 g/mol. The number of rotatable bonds is 5. The molecule has 13 heteroatoms. The lowest BCUT2D eigenvalue weighted by atomic mass is 10.1. The second-order valence-corrected chi connectivity index (χ2v) is 8.46. The summed E-state index contributed by atoms with van der Waals surface area (Å²) in [5.41, 5.74) is 0. The number of hydrogen-bond donors (Lipinski definition) is 1. The van der Waals surface area contributed by atoms with Gasteiger partial charge in [0.2, 0.25) is 16.8 Å². The average Bonchev–Trinajstić information content (AvgIpc) is 3.39. The molecule has 2 aromatic rings. The topological polar surface area (TPSA) is 136 Å². The molecular formula is C15H17N5O7S. The molecule has 0 amide bonds. The zero-order chi connectivity index (χ0) is 19.3. The van der Waals surface area contributed by atoms with Gasteiger partial charge in [-0.15, -0.1) is 0 Å². The van der Waals surface area contributed by atoms with Crippen LogP contribution in [0.15, 0.2) is 18.2 Å². The molecule has 0 bridgehead atoms. The summed E-state index contributed by atoms with van der Waals surface area (Å²) in [4.78, 5) is 0. The predicted molar refractivity (Wildman–Crippen MR) is 90.7 cm³/mol. The van der Waals surface area contributed by atoms with Gasteiger partial charge in [0.1, 0.15) is 24.0 Å². The molecule has 0 spiro atoms. The van der Waals surface area contributed by atoms with Gasteiger partial charge in [0.15, 0.2) is 11.5 Å². The summed E-state index contributed by atoms with van der Waals surface area (Å²) in [6.45, 7) is 0.637. The molecule has 12 nitrogen and oxygen atoms in total. The normalized spacial score (nSPS) is 28.5. The van der Waals surface area contributed by atoms with E-state index in [0.717, 1.165) is 6.26 Å². The number of nitrogens with zero attached hydrogens (tertiary/aromatic N) is 4. The van der Waals surface area contributed by atoms with Crippen LogP contribution in [0.1, 0.15) is 6.04 Å². The highest BCUT2D eigenvalue weighted by Gasteiger charge is 2.50. The molecule has 5 rings (SSSR count). The van der Waals surface area contributed by atoms with Crippen LogP contribution in [0.2, 0.25) is 0 Å². The van der Waals surface area contributed by atoms with Crippen molar-refractivity contribution in [3.05, 3.63) is 18.2 Å². The van der Waals surface area contributed by atoms with Gasteiger partial charge in [-0.3, -0.25) is 0 Å². The van der Waals surface area contributed by atoms with Gasteiger partial charge in [-0.1, -0.05) is 5.10 Å². The monoisotopic (exact) mass is 411 g/mol. The highest BCUT2D eigenvalue weighted by atomic mass is 32.2. The number of hydrogen-bond acceptors (Lipinski definition) is 10. The van der Waals surface area contributed by atoms with E-state index in [1.54, 1.807) is 18.2 Å². The summed E-state index contributed by atoms with van der Waals surface area (Å²) in [6.07, 6.45) is 0.273. The number of benzene rings is 1. The predicted octanol–water partition coefficient (Wildman–Crippen LogP) is -0.549. The maximum atomic E-state index is 11.5. The van der Waals surface area contributed by atoms with Gasteiger partial charge in [0.25, 0.3) is 0 Å². The van der Waals surface area contributed by atoms with Crippen LogP contribution >= 0.6 is 0 Å². The molecule has 1 aromatic carbocycles. The molecule has 1 N–H and O–H groups in total. The van der Waals surface area contributed by atoms with Crippen LogP contribution in [0.3, 0.4) is 0 Å². The molecule has 4 atom stereocenters. The molecule has 150 valence electrons. The Balaban J connectivity index is 1.34. The highest BCUT2D eigenvalue weighted by molar-refractivity contribution is 7.88. The van der Waals surface area contributed by atoms with Gasteiger partial charge in [-0.2, -0.15) is 4.68 Å². The van der Waals surface area contributed by atoms with E-state index < -0.39 is 28.3 Å². The first-order chi connectivity index (χ1) is 13.5. The van der Waals surface area contributed by atoms with Crippen molar-refractivity contribution in [2.75, 3.05) is 26.3 Å². The summed E-state index contributed by atoms with van der Waals surface area (Å²) < 4.78 is 55.1. The summed E-state index contributed by atoms with van der Waals surface area (Å²) in [5, 5.41) is 11.6. The van der Waals surface area contributed by atoms with Crippen LogP contribution in [-0.2, 0) is 19.5 Å². The van der Waals surface area contributed by atoms with Crippen molar-refractivity contribution in [1.82, 2.24) is 24.9 Å². The third-order valence-corrected chi connectivity index (χ3v) is 5.45. The minimum absolute atomic E-state index is 0.163. The van der Waals surface area contributed by atoms with E-state index in [9.17, 15) is 8.42 Å². The summed E-state index contributed by atoms with van der Waals surface area (Å²) in [7, 11) is -3.38. The van der Waals surface area contributed by atoms with E-state index in [1.807, 2.05) is 0 Å².